The van der Waals surface area contributed by atoms with Crippen LogP contribution in [0, 0.1) is 0 Å². The maximum Gasteiger partial charge on any atom is 0.407 e. The lowest BCUT2D eigenvalue weighted by atomic mass is 10.1. The lowest BCUT2D eigenvalue weighted by Crippen LogP contribution is -2.55. The summed E-state index contributed by atoms with van der Waals surface area (Å²) in [5, 5.41) is 8.80. The summed E-state index contributed by atoms with van der Waals surface area (Å²) in [6, 6.07) is -3.25. The minimum atomic E-state index is -0.991. The van der Waals surface area contributed by atoms with E-state index < -0.39 is 70.5 Å². The second-order valence-corrected chi connectivity index (χ2v) is 16.6. The van der Waals surface area contributed by atoms with Crippen molar-refractivity contribution in [3.8, 4) is 0 Å². The van der Waals surface area contributed by atoms with Crippen LogP contribution >= 0.6 is 0 Å². The molecular weight excluding hydrogens is 634 g/mol. The number of nitrogens with two attached hydrogens (primary N) is 1. The Morgan fingerprint density at radius 2 is 1.41 bits per heavy atom. The Morgan fingerprint density at radius 1 is 0.816 bits per heavy atom. The second kappa shape index (κ2) is 18.9. The van der Waals surface area contributed by atoms with Crippen LogP contribution in [0.4, 0.5) is 4.79 Å². The quantitative estimate of drug-likeness (QED) is 0.105. The Labute approximate surface area is 293 Å². The number of unbranched alkanes of at least 4 members (excludes halogenated alkanes) is 1. The molecule has 49 heavy (non-hydrogen) atoms. The number of likely N-dealkylation sites (tertiary alicyclic amines) is 1. The van der Waals surface area contributed by atoms with Crippen LogP contribution in [0.5, 0.6) is 0 Å². The van der Waals surface area contributed by atoms with Gasteiger partial charge in [0.15, 0.2) is 0 Å². The van der Waals surface area contributed by atoms with Crippen molar-refractivity contribution in [3.63, 3.8) is 0 Å². The fraction of sp³-hybridized carbons (Fsp3) is 0.857. The zero-order valence-corrected chi connectivity index (χ0v) is 32.1. The molecule has 5 N–H and O–H groups in total. The molecule has 0 aromatic heterocycles. The maximum atomic E-state index is 14.0. The van der Waals surface area contributed by atoms with Crippen LogP contribution in [0.1, 0.15) is 122 Å². The Hall–Kier alpha value is -2.97. The van der Waals surface area contributed by atoms with Gasteiger partial charge in [0.05, 0.1) is 30.7 Å². The number of hydrogen-bond acceptors (Lipinski definition) is 11. The predicted octanol–water partition coefficient (Wildman–Crippen LogP) is 3.33. The van der Waals surface area contributed by atoms with Gasteiger partial charge in [0.1, 0.15) is 28.9 Å². The molecule has 14 nitrogen and oxygen atoms in total. The molecule has 0 spiro atoms. The second-order valence-electron chi connectivity index (χ2n) is 16.6. The zero-order valence-electron chi connectivity index (χ0n) is 32.1. The highest BCUT2D eigenvalue weighted by atomic mass is 16.6. The summed E-state index contributed by atoms with van der Waals surface area (Å²) in [6.07, 6.45) is 1.89. The van der Waals surface area contributed by atoms with Crippen LogP contribution in [-0.2, 0) is 38.1 Å². The monoisotopic (exact) mass is 699 g/mol. The van der Waals surface area contributed by atoms with Gasteiger partial charge in [-0.25, -0.2) is 9.59 Å². The van der Waals surface area contributed by atoms with Crippen molar-refractivity contribution in [2.24, 2.45) is 5.73 Å². The molecule has 0 unspecified atom stereocenters. The van der Waals surface area contributed by atoms with E-state index in [2.05, 4.69) is 16.0 Å². The maximum absolute atomic E-state index is 14.0. The minimum absolute atomic E-state index is 0.0264. The summed E-state index contributed by atoms with van der Waals surface area (Å²) >= 11 is 0. The first-order valence-electron chi connectivity index (χ1n) is 17.4. The molecule has 0 aromatic carbocycles. The number of nitrogens with zero attached hydrogens (tertiary/aromatic N) is 1. The SMILES string of the molecule is CC(C)(C)OC[C@H](N)C(=O)N[C@H](CN[C@@H](CCCCNC(=O)OC(C)(C)C)C(=O)N1CCC[C@H]1C(=O)OC(C)(C)C)CC(=O)OC(C)(C)C. The van der Waals surface area contributed by atoms with Crippen LogP contribution in [0.3, 0.4) is 0 Å². The number of carbonyl (C=O) groups excluding carboxylic acids is 5. The topological polar surface area (TPSA) is 188 Å². The highest BCUT2D eigenvalue weighted by Crippen LogP contribution is 2.23. The molecule has 4 atom stereocenters. The standard InChI is InChI=1S/C35H65N5O9/c1-32(2,3)46-22-24(36)28(42)39-23(20-27(41)47-33(4,5)6)21-38-25(16-13-14-18-37-31(45)49-35(10,11)12)29(43)40-19-15-17-26(40)30(44)48-34(7,8)9/h23-26,38H,13-22,36H2,1-12H3,(H,37,45)(H,39,42)/t23-,24-,25-,26-/m0/s1. The Bertz CT molecular complexity index is 1100. The summed E-state index contributed by atoms with van der Waals surface area (Å²) in [7, 11) is 0. The van der Waals surface area contributed by atoms with Crippen molar-refractivity contribution in [2.75, 3.05) is 26.2 Å². The van der Waals surface area contributed by atoms with E-state index in [4.69, 9.17) is 24.7 Å². The molecule has 1 saturated heterocycles. The number of esters is 2. The molecule has 1 fully saturated rings. The summed E-state index contributed by atoms with van der Waals surface area (Å²) in [6.45, 7) is 22.2. The average molecular weight is 700 g/mol. The summed E-state index contributed by atoms with van der Waals surface area (Å²) in [5.41, 5.74) is 3.53. The highest BCUT2D eigenvalue weighted by Gasteiger charge is 2.39. The lowest BCUT2D eigenvalue weighted by Gasteiger charge is -2.31. The van der Waals surface area contributed by atoms with Crippen molar-refractivity contribution < 1.29 is 42.9 Å². The minimum Gasteiger partial charge on any atom is -0.460 e. The molecule has 284 valence electrons. The van der Waals surface area contributed by atoms with E-state index in [1.54, 1.807) is 67.2 Å². The van der Waals surface area contributed by atoms with Crippen LogP contribution in [-0.4, -0.2) is 108 Å². The fourth-order valence-electron chi connectivity index (χ4n) is 4.90. The smallest absolute Gasteiger partial charge is 0.407 e. The van der Waals surface area contributed by atoms with Crippen LogP contribution in [0.25, 0.3) is 0 Å². The Morgan fingerprint density at radius 3 is 1.96 bits per heavy atom. The highest BCUT2D eigenvalue weighted by molar-refractivity contribution is 5.88. The number of hydrogen-bond donors (Lipinski definition) is 4. The van der Waals surface area contributed by atoms with E-state index in [0.717, 1.165) is 0 Å². The molecule has 0 bridgehead atoms. The summed E-state index contributed by atoms with van der Waals surface area (Å²) in [5.74, 6) is -1.79. The van der Waals surface area contributed by atoms with Gasteiger partial charge < -0.3 is 45.5 Å². The predicted molar refractivity (Wildman–Crippen MR) is 187 cm³/mol. The van der Waals surface area contributed by atoms with Gasteiger partial charge in [0, 0.05) is 19.6 Å². The fourth-order valence-corrected chi connectivity index (χ4v) is 4.90. The summed E-state index contributed by atoms with van der Waals surface area (Å²) < 4.78 is 22.1. The third kappa shape index (κ3) is 19.7. The van der Waals surface area contributed by atoms with E-state index in [-0.39, 0.29) is 25.5 Å². The molecule has 14 heteroatoms. The van der Waals surface area contributed by atoms with E-state index in [9.17, 15) is 24.0 Å². The van der Waals surface area contributed by atoms with Gasteiger partial charge in [0.2, 0.25) is 11.8 Å². The summed E-state index contributed by atoms with van der Waals surface area (Å²) in [4.78, 5) is 66.6. The van der Waals surface area contributed by atoms with E-state index in [0.29, 0.717) is 45.2 Å². The molecule has 0 saturated carbocycles. The first-order chi connectivity index (χ1) is 22.3. The van der Waals surface area contributed by atoms with Gasteiger partial charge in [-0.05, 0) is 115 Å². The largest absolute Gasteiger partial charge is 0.460 e. The van der Waals surface area contributed by atoms with Gasteiger partial charge in [0.25, 0.3) is 0 Å². The van der Waals surface area contributed by atoms with Gasteiger partial charge >= 0.3 is 18.0 Å². The molecule has 0 aromatic rings. The van der Waals surface area contributed by atoms with Gasteiger partial charge in [-0.15, -0.1) is 0 Å². The number of alkyl carbamates (subject to hydrolysis) is 1. The molecule has 0 aliphatic carbocycles. The normalized spacial score (nSPS) is 17.5. The lowest BCUT2D eigenvalue weighted by molar-refractivity contribution is -0.163. The van der Waals surface area contributed by atoms with E-state index in [1.165, 1.54) is 0 Å². The molecular formula is C35H65N5O9. The average Bonchev–Trinajstić information content (AvgIpc) is 3.39. The van der Waals surface area contributed by atoms with Crippen molar-refractivity contribution in [2.45, 2.75) is 168 Å². The van der Waals surface area contributed by atoms with Crippen molar-refractivity contribution in [1.82, 2.24) is 20.9 Å². The number of carbonyl (C=O) groups is 5. The van der Waals surface area contributed by atoms with Gasteiger partial charge in [-0.2, -0.15) is 0 Å². The number of rotatable bonds is 16. The molecule has 1 aliphatic heterocycles. The molecule has 3 amide bonds. The van der Waals surface area contributed by atoms with Gasteiger partial charge in [-0.3, -0.25) is 14.4 Å². The molecule has 0 radical (unpaired) electrons. The first-order valence-corrected chi connectivity index (χ1v) is 17.4. The van der Waals surface area contributed by atoms with Crippen molar-refractivity contribution in [1.29, 1.82) is 0 Å². The van der Waals surface area contributed by atoms with Crippen LogP contribution < -0.4 is 21.7 Å². The Kier molecular flexibility index (Phi) is 17.0. The van der Waals surface area contributed by atoms with Crippen molar-refractivity contribution >= 4 is 29.8 Å². The third-order valence-electron chi connectivity index (χ3n) is 6.92. The van der Waals surface area contributed by atoms with Crippen LogP contribution in [0.2, 0.25) is 0 Å². The zero-order chi connectivity index (χ0) is 37.8. The third-order valence-corrected chi connectivity index (χ3v) is 6.92. The van der Waals surface area contributed by atoms with E-state index in [1.807, 2.05) is 20.8 Å². The molecule has 1 aliphatic rings. The van der Waals surface area contributed by atoms with Gasteiger partial charge in [-0.1, -0.05) is 0 Å². The number of ether oxygens (including phenoxy) is 4. The molecule has 1 heterocycles. The number of nitrogens with one attached hydrogen (secondary N) is 3. The number of amides is 3. The van der Waals surface area contributed by atoms with E-state index >= 15 is 0 Å². The van der Waals surface area contributed by atoms with Crippen molar-refractivity contribution in [3.05, 3.63) is 0 Å². The molecule has 1 rings (SSSR count). The first kappa shape index (κ1) is 44.1. The Balaban J connectivity index is 3.15. The van der Waals surface area contributed by atoms with Crippen LogP contribution in [0.15, 0.2) is 0 Å².